The third kappa shape index (κ3) is 5.70. The molecule has 4 rings (SSSR count). The van der Waals surface area contributed by atoms with Crippen LogP contribution in [-0.4, -0.2) is 71.7 Å². The van der Waals surface area contributed by atoms with Crippen LogP contribution in [0.1, 0.15) is 53.6 Å². The number of piperidine rings is 2. The number of likely N-dealkylation sites (N-methyl/N-ethyl adjacent to an activating group) is 1. The average Bonchev–Trinajstić information content (AvgIpc) is 2.89. The zero-order chi connectivity index (χ0) is 26.0. The molecule has 2 unspecified atom stereocenters. The van der Waals surface area contributed by atoms with E-state index >= 15 is 0 Å². The van der Waals surface area contributed by atoms with Crippen molar-refractivity contribution in [2.45, 2.75) is 45.1 Å². The number of halogens is 2. The van der Waals surface area contributed by atoms with Crippen LogP contribution in [0.15, 0.2) is 42.5 Å². The SMILES string of the molecule is CC(=O)N1CCC(C(=O)N2CCC(N(C)C(=O)c3ccc(Cl)cc3)C(c3ccc(Cl)c(C)c3)C2)CC1. The minimum atomic E-state index is -0.0719. The first-order valence-corrected chi connectivity index (χ1v) is 13.2. The number of nitrogens with zero attached hydrogens (tertiary/aromatic N) is 3. The van der Waals surface area contributed by atoms with E-state index in [0.717, 1.165) is 11.1 Å². The number of amides is 3. The van der Waals surface area contributed by atoms with Crippen molar-refractivity contribution in [1.29, 1.82) is 0 Å². The molecule has 0 aromatic heterocycles. The van der Waals surface area contributed by atoms with Crippen LogP contribution < -0.4 is 0 Å². The van der Waals surface area contributed by atoms with Crippen molar-refractivity contribution in [1.82, 2.24) is 14.7 Å². The first-order valence-electron chi connectivity index (χ1n) is 12.5. The predicted octanol–water partition coefficient (Wildman–Crippen LogP) is 5.02. The standard InChI is InChI=1S/C28H33Cl2N3O3/c1-18-16-22(6-9-25(18)30)24-17-33(28(36)21-10-13-32(14-11-21)19(2)34)15-12-26(24)31(3)27(35)20-4-7-23(29)8-5-20/h4-9,16,21,24,26H,10-15,17H2,1-3H3. The van der Waals surface area contributed by atoms with Crippen molar-refractivity contribution in [2.75, 3.05) is 33.2 Å². The first-order chi connectivity index (χ1) is 17.2. The van der Waals surface area contributed by atoms with Crippen LogP contribution in [0, 0.1) is 12.8 Å². The van der Waals surface area contributed by atoms with E-state index in [9.17, 15) is 14.4 Å². The number of benzene rings is 2. The Bertz CT molecular complexity index is 1130. The lowest BCUT2D eigenvalue weighted by Gasteiger charge is -2.44. The summed E-state index contributed by atoms with van der Waals surface area (Å²) in [4.78, 5) is 44.1. The normalized spacial score (nSPS) is 20.8. The number of likely N-dealkylation sites (tertiary alicyclic amines) is 2. The fraction of sp³-hybridized carbons (Fsp3) is 0.464. The molecule has 2 heterocycles. The van der Waals surface area contributed by atoms with Gasteiger partial charge >= 0.3 is 0 Å². The van der Waals surface area contributed by atoms with E-state index in [2.05, 4.69) is 6.07 Å². The molecule has 192 valence electrons. The van der Waals surface area contributed by atoms with Gasteiger partial charge in [-0.2, -0.15) is 0 Å². The molecule has 0 bridgehead atoms. The smallest absolute Gasteiger partial charge is 0.253 e. The van der Waals surface area contributed by atoms with E-state index < -0.39 is 0 Å². The maximum atomic E-state index is 13.5. The van der Waals surface area contributed by atoms with Crippen LogP contribution in [0.3, 0.4) is 0 Å². The van der Waals surface area contributed by atoms with Gasteiger partial charge in [0.25, 0.3) is 5.91 Å². The molecule has 0 N–H and O–H groups in total. The van der Waals surface area contributed by atoms with Gasteiger partial charge in [0.15, 0.2) is 0 Å². The van der Waals surface area contributed by atoms with Crippen LogP contribution in [0.2, 0.25) is 10.0 Å². The Hall–Kier alpha value is -2.57. The van der Waals surface area contributed by atoms with Crippen LogP contribution in [0.5, 0.6) is 0 Å². The fourth-order valence-electron chi connectivity index (χ4n) is 5.48. The van der Waals surface area contributed by atoms with Gasteiger partial charge in [0, 0.05) is 73.6 Å². The summed E-state index contributed by atoms with van der Waals surface area (Å²) in [6.07, 6.45) is 2.07. The van der Waals surface area contributed by atoms with Gasteiger partial charge in [-0.3, -0.25) is 14.4 Å². The molecule has 2 fully saturated rings. The molecule has 2 saturated heterocycles. The van der Waals surface area contributed by atoms with Crippen molar-refractivity contribution in [2.24, 2.45) is 5.92 Å². The summed E-state index contributed by atoms with van der Waals surface area (Å²) >= 11 is 12.3. The largest absolute Gasteiger partial charge is 0.343 e. The van der Waals surface area contributed by atoms with E-state index in [1.54, 1.807) is 31.2 Å². The second kappa shape index (κ2) is 11.2. The molecule has 0 aliphatic carbocycles. The van der Waals surface area contributed by atoms with Gasteiger partial charge in [0.1, 0.15) is 0 Å². The first kappa shape index (κ1) is 26.5. The number of carbonyl (C=O) groups is 3. The van der Waals surface area contributed by atoms with E-state index in [0.29, 0.717) is 61.1 Å². The van der Waals surface area contributed by atoms with E-state index in [1.807, 2.05) is 40.8 Å². The number of carbonyl (C=O) groups excluding carboxylic acids is 3. The lowest BCUT2D eigenvalue weighted by molar-refractivity contribution is -0.141. The highest BCUT2D eigenvalue weighted by atomic mass is 35.5. The molecule has 8 heteroatoms. The summed E-state index contributed by atoms with van der Waals surface area (Å²) in [5, 5.41) is 1.28. The molecular formula is C28H33Cl2N3O3. The molecule has 6 nitrogen and oxygen atoms in total. The second-order valence-electron chi connectivity index (χ2n) is 9.96. The van der Waals surface area contributed by atoms with Crippen LogP contribution in [0.25, 0.3) is 0 Å². The molecule has 36 heavy (non-hydrogen) atoms. The molecule has 2 atom stereocenters. The monoisotopic (exact) mass is 529 g/mol. The lowest BCUT2D eigenvalue weighted by atomic mass is 9.83. The quantitative estimate of drug-likeness (QED) is 0.558. The van der Waals surface area contributed by atoms with Gasteiger partial charge in [0.05, 0.1) is 0 Å². The highest BCUT2D eigenvalue weighted by Gasteiger charge is 2.39. The maximum Gasteiger partial charge on any atom is 0.253 e. The van der Waals surface area contributed by atoms with Gasteiger partial charge < -0.3 is 14.7 Å². The maximum absolute atomic E-state index is 13.5. The minimum Gasteiger partial charge on any atom is -0.343 e. The molecule has 2 aromatic rings. The Morgan fingerprint density at radius 2 is 1.56 bits per heavy atom. The zero-order valence-corrected chi connectivity index (χ0v) is 22.6. The second-order valence-corrected chi connectivity index (χ2v) is 10.8. The van der Waals surface area contributed by atoms with Crippen molar-refractivity contribution in [3.05, 3.63) is 69.2 Å². The molecule has 2 aliphatic rings. The molecular weight excluding hydrogens is 497 g/mol. The van der Waals surface area contributed by atoms with Gasteiger partial charge in [0.2, 0.25) is 11.8 Å². The van der Waals surface area contributed by atoms with Gasteiger partial charge in [-0.15, -0.1) is 0 Å². The summed E-state index contributed by atoms with van der Waals surface area (Å²) in [5.74, 6) is 0.0337. The summed E-state index contributed by atoms with van der Waals surface area (Å²) in [6, 6.07) is 12.8. The Balaban J connectivity index is 1.55. The predicted molar refractivity (Wildman–Crippen MR) is 142 cm³/mol. The van der Waals surface area contributed by atoms with Crippen LogP contribution in [-0.2, 0) is 9.59 Å². The number of hydrogen-bond acceptors (Lipinski definition) is 3. The Kier molecular flexibility index (Phi) is 8.26. The third-order valence-electron chi connectivity index (χ3n) is 7.70. The van der Waals surface area contributed by atoms with Crippen molar-refractivity contribution < 1.29 is 14.4 Å². The summed E-state index contributed by atoms with van der Waals surface area (Å²) < 4.78 is 0. The topological polar surface area (TPSA) is 60.9 Å². The van der Waals surface area contributed by atoms with Gasteiger partial charge in [-0.1, -0.05) is 35.3 Å². The van der Waals surface area contributed by atoms with Crippen LogP contribution in [0.4, 0.5) is 0 Å². The Labute approximate surface area is 223 Å². The summed E-state index contributed by atoms with van der Waals surface area (Å²) in [7, 11) is 1.84. The molecule has 3 amide bonds. The number of aryl methyl sites for hydroxylation is 1. The number of rotatable bonds is 4. The van der Waals surface area contributed by atoms with E-state index in [4.69, 9.17) is 23.2 Å². The Morgan fingerprint density at radius 3 is 2.17 bits per heavy atom. The third-order valence-corrected chi connectivity index (χ3v) is 8.37. The minimum absolute atomic E-state index is 0.0442. The molecule has 2 aliphatic heterocycles. The molecule has 0 spiro atoms. The van der Waals surface area contributed by atoms with Gasteiger partial charge in [-0.25, -0.2) is 0 Å². The summed E-state index contributed by atoms with van der Waals surface area (Å²) in [5.41, 5.74) is 2.63. The van der Waals surface area contributed by atoms with Crippen molar-refractivity contribution >= 4 is 40.9 Å². The van der Waals surface area contributed by atoms with Crippen molar-refractivity contribution in [3.63, 3.8) is 0 Å². The lowest BCUT2D eigenvalue weighted by Crippen LogP contribution is -2.53. The van der Waals surface area contributed by atoms with Gasteiger partial charge in [-0.05, 0) is 67.6 Å². The van der Waals surface area contributed by atoms with E-state index in [1.165, 1.54) is 0 Å². The molecule has 0 radical (unpaired) electrons. The van der Waals surface area contributed by atoms with Crippen molar-refractivity contribution in [3.8, 4) is 0 Å². The zero-order valence-electron chi connectivity index (χ0n) is 21.0. The molecule has 2 aromatic carbocycles. The highest BCUT2D eigenvalue weighted by Crippen LogP contribution is 2.34. The molecule has 0 saturated carbocycles. The fourth-order valence-corrected chi connectivity index (χ4v) is 5.72. The van der Waals surface area contributed by atoms with Crippen LogP contribution >= 0.6 is 23.2 Å². The number of hydrogen-bond donors (Lipinski definition) is 0. The Morgan fingerprint density at radius 1 is 0.917 bits per heavy atom. The van der Waals surface area contributed by atoms with E-state index in [-0.39, 0.29) is 35.6 Å². The highest BCUT2D eigenvalue weighted by molar-refractivity contribution is 6.31. The summed E-state index contributed by atoms with van der Waals surface area (Å²) in [6.45, 7) is 5.93. The average molecular weight is 530 g/mol.